The van der Waals surface area contributed by atoms with Gasteiger partial charge in [0.25, 0.3) is 5.91 Å². The van der Waals surface area contributed by atoms with Crippen molar-refractivity contribution < 1.29 is 4.79 Å². The zero-order chi connectivity index (χ0) is 12.0. The second-order valence-corrected chi connectivity index (χ2v) is 3.01. The third-order valence-electron chi connectivity index (χ3n) is 1.76. The van der Waals surface area contributed by atoms with Crippen molar-refractivity contribution in [2.45, 2.75) is 20.8 Å². The van der Waals surface area contributed by atoms with E-state index in [4.69, 9.17) is 11.6 Å². The molecule has 4 nitrogen and oxygen atoms in total. The molecule has 0 spiro atoms. The Labute approximate surface area is 90.8 Å². The van der Waals surface area contributed by atoms with Crippen molar-refractivity contribution >= 4 is 11.6 Å². The van der Waals surface area contributed by atoms with Gasteiger partial charge in [0.2, 0.25) is 0 Å². The summed E-state index contributed by atoms with van der Waals surface area (Å²) in [6, 6.07) is 5.27. The lowest BCUT2D eigenvalue weighted by Crippen LogP contribution is -2.33. The van der Waals surface area contributed by atoms with Crippen LogP contribution in [0.2, 0.25) is 0 Å². The van der Waals surface area contributed by atoms with Crippen LogP contribution in [0.1, 0.15) is 29.8 Å². The van der Waals surface area contributed by atoms with E-state index in [1.807, 2.05) is 26.8 Å². The number of nitrogen functional groups attached to an aromatic ring is 1. The number of anilines is 1. The average Bonchev–Trinajstić information content (AvgIpc) is 2.23. The Hall–Kier alpha value is -1.55. The van der Waals surface area contributed by atoms with E-state index in [0.717, 1.165) is 10.6 Å². The van der Waals surface area contributed by atoms with Gasteiger partial charge in [-0.2, -0.15) is 0 Å². The summed E-state index contributed by atoms with van der Waals surface area (Å²) in [7, 11) is 1.49. The Kier molecular flexibility index (Phi) is 5.41. The zero-order valence-electron chi connectivity index (χ0n) is 9.74. The van der Waals surface area contributed by atoms with Gasteiger partial charge in [-0.05, 0) is 19.1 Å². The maximum atomic E-state index is 11.4. The van der Waals surface area contributed by atoms with Crippen molar-refractivity contribution in [2.24, 2.45) is 5.84 Å². The van der Waals surface area contributed by atoms with Crippen molar-refractivity contribution in [2.75, 3.05) is 12.8 Å². The van der Waals surface area contributed by atoms with Gasteiger partial charge in [0.05, 0.1) is 5.56 Å². The molecule has 0 unspecified atom stereocenters. The molecule has 0 fully saturated rings. The van der Waals surface area contributed by atoms with Gasteiger partial charge in [-0.3, -0.25) is 9.80 Å². The fourth-order valence-electron chi connectivity index (χ4n) is 1.05. The Morgan fingerprint density at radius 1 is 1.33 bits per heavy atom. The molecule has 0 aliphatic carbocycles. The number of nitrogens with zero attached hydrogens (tertiary/aromatic N) is 1. The lowest BCUT2D eigenvalue weighted by molar-refractivity contribution is 0.0796. The van der Waals surface area contributed by atoms with Crippen LogP contribution in [0.15, 0.2) is 18.2 Å². The molecule has 1 amide bonds. The van der Waals surface area contributed by atoms with Crippen LogP contribution in [-0.4, -0.2) is 18.0 Å². The van der Waals surface area contributed by atoms with E-state index < -0.39 is 0 Å². The lowest BCUT2D eigenvalue weighted by Gasteiger charge is -2.11. The van der Waals surface area contributed by atoms with Gasteiger partial charge in [-0.15, -0.1) is 0 Å². The molecule has 0 aliphatic heterocycles. The van der Waals surface area contributed by atoms with Gasteiger partial charge < -0.3 is 5.73 Å². The molecule has 0 atom stereocenters. The fraction of sp³-hybridized carbons (Fsp3) is 0.364. The normalized spacial score (nSPS) is 8.87. The Morgan fingerprint density at radius 2 is 1.87 bits per heavy atom. The predicted molar refractivity (Wildman–Crippen MR) is 63.2 cm³/mol. The quantitative estimate of drug-likeness (QED) is 0.319. The Balaban J connectivity index is 0.000000921. The van der Waals surface area contributed by atoms with Crippen LogP contribution in [0.3, 0.4) is 0 Å². The highest BCUT2D eigenvalue weighted by Crippen LogP contribution is 2.14. The maximum Gasteiger partial charge on any atom is 0.269 e. The van der Waals surface area contributed by atoms with Gasteiger partial charge in [0.15, 0.2) is 0 Å². The number of carbonyl (C=O) groups is 1. The number of aryl methyl sites for hydroxylation is 1. The zero-order valence-corrected chi connectivity index (χ0v) is 9.74. The molecule has 0 saturated heterocycles. The largest absolute Gasteiger partial charge is 0.398 e. The van der Waals surface area contributed by atoms with Crippen molar-refractivity contribution in [1.29, 1.82) is 0 Å². The number of benzene rings is 1. The van der Waals surface area contributed by atoms with Gasteiger partial charge >= 0.3 is 0 Å². The number of hydrogen-bond donors (Lipinski definition) is 2. The highest BCUT2D eigenvalue weighted by molar-refractivity contribution is 5.98. The molecule has 84 valence electrons. The van der Waals surface area contributed by atoms with Crippen molar-refractivity contribution in [1.82, 2.24) is 5.01 Å². The smallest absolute Gasteiger partial charge is 0.269 e. The molecule has 0 heterocycles. The molecule has 0 saturated carbocycles. The van der Waals surface area contributed by atoms with Crippen molar-refractivity contribution in [3.63, 3.8) is 0 Å². The number of rotatable bonds is 1. The van der Waals surface area contributed by atoms with Crippen LogP contribution in [0, 0.1) is 6.92 Å². The molecule has 0 bridgehead atoms. The van der Waals surface area contributed by atoms with Gasteiger partial charge in [0, 0.05) is 12.7 Å². The highest BCUT2D eigenvalue weighted by atomic mass is 16.2. The van der Waals surface area contributed by atoms with Crippen LogP contribution in [0.4, 0.5) is 5.69 Å². The minimum Gasteiger partial charge on any atom is -0.398 e. The first kappa shape index (κ1) is 13.4. The monoisotopic (exact) mass is 209 g/mol. The highest BCUT2D eigenvalue weighted by Gasteiger charge is 2.11. The topological polar surface area (TPSA) is 72.4 Å². The molecule has 0 aliphatic rings. The summed E-state index contributed by atoms with van der Waals surface area (Å²) in [5.41, 5.74) is 7.51. The Morgan fingerprint density at radius 3 is 2.33 bits per heavy atom. The summed E-state index contributed by atoms with van der Waals surface area (Å²) in [5.74, 6) is 5.04. The first-order valence-electron chi connectivity index (χ1n) is 4.91. The molecule has 4 heteroatoms. The number of nitrogens with two attached hydrogens (primary N) is 2. The van der Waals surface area contributed by atoms with E-state index >= 15 is 0 Å². The van der Waals surface area contributed by atoms with E-state index in [1.54, 1.807) is 12.1 Å². The number of hydrogen-bond acceptors (Lipinski definition) is 3. The fourth-order valence-corrected chi connectivity index (χ4v) is 1.05. The SMILES string of the molecule is CC.Cc1ccc(N)c(C(=O)N(C)N)c1. The predicted octanol–water partition coefficient (Wildman–Crippen LogP) is 1.55. The summed E-state index contributed by atoms with van der Waals surface area (Å²) in [5, 5.41) is 1.02. The molecular weight excluding hydrogens is 190 g/mol. The molecule has 1 rings (SSSR count). The minimum absolute atomic E-state index is 0.277. The molecule has 15 heavy (non-hydrogen) atoms. The summed E-state index contributed by atoms with van der Waals surface area (Å²) < 4.78 is 0. The molecule has 0 aromatic heterocycles. The first-order chi connectivity index (χ1) is 7.02. The average molecular weight is 209 g/mol. The lowest BCUT2D eigenvalue weighted by atomic mass is 10.1. The van der Waals surface area contributed by atoms with Gasteiger partial charge in [-0.1, -0.05) is 25.5 Å². The van der Waals surface area contributed by atoms with Crippen LogP contribution < -0.4 is 11.6 Å². The summed E-state index contributed by atoms with van der Waals surface area (Å²) >= 11 is 0. The third kappa shape index (κ3) is 3.59. The first-order valence-corrected chi connectivity index (χ1v) is 4.91. The van der Waals surface area contributed by atoms with E-state index in [9.17, 15) is 4.79 Å². The molecule has 4 N–H and O–H groups in total. The molecule has 0 radical (unpaired) electrons. The van der Waals surface area contributed by atoms with Crippen molar-refractivity contribution in [3.05, 3.63) is 29.3 Å². The van der Waals surface area contributed by atoms with Gasteiger partial charge in [-0.25, -0.2) is 5.84 Å². The summed E-state index contributed by atoms with van der Waals surface area (Å²) in [6.45, 7) is 5.90. The molecule has 1 aromatic rings. The van der Waals surface area contributed by atoms with E-state index in [1.165, 1.54) is 7.05 Å². The van der Waals surface area contributed by atoms with Crippen LogP contribution in [-0.2, 0) is 0 Å². The second-order valence-electron chi connectivity index (χ2n) is 3.01. The Bertz CT molecular complexity index is 335. The van der Waals surface area contributed by atoms with E-state index in [-0.39, 0.29) is 5.91 Å². The third-order valence-corrected chi connectivity index (χ3v) is 1.76. The van der Waals surface area contributed by atoms with Crippen LogP contribution in [0.25, 0.3) is 0 Å². The number of amides is 1. The van der Waals surface area contributed by atoms with E-state index in [0.29, 0.717) is 11.3 Å². The minimum atomic E-state index is -0.277. The van der Waals surface area contributed by atoms with Crippen LogP contribution >= 0.6 is 0 Å². The van der Waals surface area contributed by atoms with Gasteiger partial charge in [0.1, 0.15) is 0 Å². The standard InChI is InChI=1S/C9H13N3O.C2H6/c1-6-3-4-8(10)7(5-6)9(13)12(2)11;1-2/h3-5H,10-11H2,1-2H3;1-2H3. The number of hydrazine groups is 1. The molecular formula is C11H19N3O. The van der Waals surface area contributed by atoms with Crippen molar-refractivity contribution in [3.8, 4) is 0 Å². The maximum absolute atomic E-state index is 11.4. The number of carbonyl (C=O) groups excluding carboxylic acids is 1. The summed E-state index contributed by atoms with van der Waals surface area (Å²) in [4.78, 5) is 11.4. The summed E-state index contributed by atoms with van der Waals surface area (Å²) in [6.07, 6.45) is 0. The van der Waals surface area contributed by atoms with Crippen LogP contribution in [0.5, 0.6) is 0 Å². The second kappa shape index (κ2) is 6.03. The molecule has 1 aromatic carbocycles. The van der Waals surface area contributed by atoms with E-state index in [2.05, 4.69) is 0 Å².